The summed E-state index contributed by atoms with van der Waals surface area (Å²) in [5, 5.41) is 3.85. The van der Waals surface area contributed by atoms with Crippen molar-refractivity contribution in [1.82, 2.24) is 5.32 Å². The second kappa shape index (κ2) is 6.06. The fraction of sp³-hybridized carbons (Fsp3) is 0.455. The maximum absolute atomic E-state index is 12.0. The summed E-state index contributed by atoms with van der Waals surface area (Å²) in [7, 11) is -3.50. The third-order valence-corrected chi connectivity index (χ3v) is 5.02. The van der Waals surface area contributed by atoms with E-state index in [9.17, 15) is 8.42 Å². The predicted molar refractivity (Wildman–Crippen MR) is 79.9 cm³/mol. The Balaban J connectivity index is 2.15. The van der Waals surface area contributed by atoms with Crippen molar-refractivity contribution in [3.05, 3.63) is 27.2 Å². The fourth-order valence-electron chi connectivity index (χ4n) is 2.00. The zero-order chi connectivity index (χ0) is 14.0. The molecule has 2 rings (SSSR count). The van der Waals surface area contributed by atoms with Crippen molar-refractivity contribution in [3.8, 4) is 0 Å². The van der Waals surface area contributed by atoms with E-state index in [4.69, 9.17) is 34.8 Å². The first-order valence-corrected chi connectivity index (χ1v) is 8.54. The van der Waals surface area contributed by atoms with Crippen LogP contribution >= 0.6 is 34.8 Å². The minimum atomic E-state index is -3.50. The Kier molecular flexibility index (Phi) is 4.84. The highest BCUT2D eigenvalue weighted by Crippen LogP contribution is 2.34. The molecule has 0 bridgehead atoms. The SMILES string of the molecule is O=S(=O)(CC1CCCN1)Nc1c(Cl)cc(Cl)cc1Cl. The summed E-state index contributed by atoms with van der Waals surface area (Å²) in [5.41, 5.74) is 0.172. The van der Waals surface area contributed by atoms with Crippen LogP contribution in [0.3, 0.4) is 0 Å². The van der Waals surface area contributed by atoms with Gasteiger partial charge in [0.1, 0.15) is 0 Å². The molecule has 19 heavy (non-hydrogen) atoms. The molecule has 0 radical (unpaired) electrons. The van der Waals surface area contributed by atoms with Gasteiger partial charge in [-0.1, -0.05) is 34.8 Å². The third-order valence-electron chi connectivity index (χ3n) is 2.85. The van der Waals surface area contributed by atoms with Crippen molar-refractivity contribution in [2.24, 2.45) is 0 Å². The highest BCUT2D eigenvalue weighted by atomic mass is 35.5. The van der Waals surface area contributed by atoms with Gasteiger partial charge in [0, 0.05) is 11.1 Å². The van der Waals surface area contributed by atoms with Crippen LogP contribution < -0.4 is 10.0 Å². The lowest BCUT2D eigenvalue weighted by Crippen LogP contribution is -2.32. The number of rotatable bonds is 4. The molecular formula is C11H13Cl3N2O2S. The Morgan fingerprint density at radius 2 is 1.89 bits per heavy atom. The van der Waals surface area contributed by atoms with Gasteiger partial charge in [0.25, 0.3) is 0 Å². The summed E-state index contributed by atoms with van der Waals surface area (Å²) in [6, 6.07) is 2.86. The number of halogens is 3. The van der Waals surface area contributed by atoms with Gasteiger partial charge in [-0.15, -0.1) is 0 Å². The highest BCUT2D eigenvalue weighted by molar-refractivity contribution is 7.92. The van der Waals surface area contributed by atoms with Crippen LogP contribution in [-0.2, 0) is 10.0 Å². The lowest BCUT2D eigenvalue weighted by Gasteiger charge is -2.14. The van der Waals surface area contributed by atoms with Gasteiger partial charge in [0.05, 0.1) is 21.5 Å². The van der Waals surface area contributed by atoms with Crippen LogP contribution in [0.1, 0.15) is 12.8 Å². The molecule has 0 aliphatic carbocycles. The molecule has 1 atom stereocenters. The van der Waals surface area contributed by atoms with Crippen LogP contribution in [0, 0.1) is 0 Å². The van der Waals surface area contributed by atoms with Gasteiger partial charge in [-0.25, -0.2) is 8.42 Å². The van der Waals surface area contributed by atoms with Crippen molar-refractivity contribution in [3.63, 3.8) is 0 Å². The zero-order valence-electron chi connectivity index (χ0n) is 9.92. The number of sulfonamides is 1. The van der Waals surface area contributed by atoms with E-state index in [2.05, 4.69) is 10.0 Å². The van der Waals surface area contributed by atoms with E-state index >= 15 is 0 Å². The molecule has 1 aromatic carbocycles. The molecule has 1 saturated heterocycles. The summed E-state index contributed by atoms with van der Waals surface area (Å²) in [6.45, 7) is 0.850. The normalized spacial score (nSPS) is 19.6. The van der Waals surface area contributed by atoms with Gasteiger partial charge in [-0.3, -0.25) is 4.72 Å². The zero-order valence-corrected chi connectivity index (χ0v) is 13.0. The van der Waals surface area contributed by atoms with Gasteiger partial charge in [0.2, 0.25) is 10.0 Å². The molecule has 1 aromatic rings. The van der Waals surface area contributed by atoms with Gasteiger partial charge in [-0.05, 0) is 31.5 Å². The highest BCUT2D eigenvalue weighted by Gasteiger charge is 2.23. The Bertz CT molecular complexity index is 548. The maximum Gasteiger partial charge on any atom is 0.234 e. The molecule has 1 aliphatic heterocycles. The van der Waals surface area contributed by atoms with Gasteiger partial charge < -0.3 is 5.32 Å². The van der Waals surface area contributed by atoms with Gasteiger partial charge >= 0.3 is 0 Å². The smallest absolute Gasteiger partial charge is 0.234 e. The summed E-state index contributed by atoms with van der Waals surface area (Å²) >= 11 is 17.7. The number of nitrogens with one attached hydrogen (secondary N) is 2. The van der Waals surface area contributed by atoms with Crippen LogP contribution in [-0.4, -0.2) is 26.8 Å². The average molecular weight is 344 g/mol. The van der Waals surface area contributed by atoms with Crippen LogP contribution in [0.15, 0.2) is 12.1 Å². The Labute approximate surface area is 127 Å². The predicted octanol–water partition coefficient (Wildman–Crippen LogP) is 3.14. The first-order valence-electron chi connectivity index (χ1n) is 5.76. The lowest BCUT2D eigenvalue weighted by molar-refractivity contribution is 0.582. The lowest BCUT2D eigenvalue weighted by atomic mass is 10.3. The second-order valence-corrected chi connectivity index (χ2v) is 7.44. The minimum Gasteiger partial charge on any atom is -0.313 e. The second-order valence-electron chi connectivity index (χ2n) is 4.42. The summed E-state index contributed by atoms with van der Waals surface area (Å²) in [6.07, 6.45) is 1.84. The Morgan fingerprint density at radius 1 is 1.26 bits per heavy atom. The van der Waals surface area contributed by atoms with E-state index in [0.29, 0.717) is 5.02 Å². The first-order chi connectivity index (χ1) is 8.87. The van der Waals surface area contributed by atoms with Crippen LogP contribution in [0.2, 0.25) is 15.1 Å². The molecule has 0 amide bonds. The molecule has 8 heteroatoms. The van der Waals surface area contributed by atoms with Crippen LogP contribution in [0.4, 0.5) is 5.69 Å². The van der Waals surface area contributed by atoms with E-state index < -0.39 is 10.0 Å². The van der Waals surface area contributed by atoms with E-state index in [0.717, 1.165) is 19.4 Å². The molecule has 0 saturated carbocycles. The topological polar surface area (TPSA) is 58.2 Å². The van der Waals surface area contributed by atoms with E-state index in [-0.39, 0.29) is 27.5 Å². The Morgan fingerprint density at radius 3 is 2.42 bits per heavy atom. The third kappa shape index (κ3) is 4.13. The number of anilines is 1. The molecule has 1 aliphatic rings. The van der Waals surface area contributed by atoms with Crippen molar-refractivity contribution in [2.45, 2.75) is 18.9 Å². The van der Waals surface area contributed by atoms with Crippen molar-refractivity contribution >= 4 is 50.5 Å². The summed E-state index contributed by atoms with van der Waals surface area (Å²) in [5.74, 6) is 0.00227. The Hall–Kier alpha value is -0.200. The summed E-state index contributed by atoms with van der Waals surface area (Å²) in [4.78, 5) is 0. The average Bonchev–Trinajstić information content (AvgIpc) is 2.75. The van der Waals surface area contributed by atoms with Gasteiger partial charge in [-0.2, -0.15) is 0 Å². The first kappa shape index (κ1) is 15.2. The summed E-state index contributed by atoms with van der Waals surface area (Å²) < 4.78 is 26.5. The van der Waals surface area contributed by atoms with E-state index in [1.54, 1.807) is 0 Å². The monoisotopic (exact) mass is 342 g/mol. The molecule has 4 nitrogen and oxygen atoms in total. The maximum atomic E-state index is 12.0. The molecule has 0 spiro atoms. The molecule has 1 heterocycles. The van der Waals surface area contributed by atoms with Crippen LogP contribution in [0.25, 0.3) is 0 Å². The van der Waals surface area contributed by atoms with E-state index in [1.807, 2.05) is 0 Å². The molecule has 2 N–H and O–H groups in total. The standard InChI is InChI=1S/C11H13Cl3N2O2S/c12-7-4-9(13)11(10(14)5-7)16-19(17,18)6-8-2-1-3-15-8/h4-5,8,15-16H,1-3,6H2. The van der Waals surface area contributed by atoms with Crippen molar-refractivity contribution < 1.29 is 8.42 Å². The number of hydrogen-bond acceptors (Lipinski definition) is 3. The van der Waals surface area contributed by atoms with Crippen molar-refractivity contribution in [1.29, 1.82) is 0 Å². The number of hydrogen-bond donors (Lipinski definition) is 2. The molecule has 0 aromatic heterocycles. The molecule has 1 fully saturated rings. The molecule has 1 unspecified atom stereocenters. The largest absolute Gasteiger partial charge is 0.313 e. The quantitative estimate of drug-likeness (QED) is 0.883. The van der Waals surface area contributed by atoms with Crippen LogP contribution in [0.5, 0.6) is 0 Å². The number of benzene rings is 1. The van der Waals surface area contributed by atoms with Crippen molar-refractivity contribution in [2.75, 3.05) is 17.0 Å². The minimum absolute atomic E-state index is 0.00227. The molecule has 106 valence electrons. The molecular weight excluding hydrogens is 331 g/mol. The van der Waals surface area contributed by atoms with Gasteiger partial charge in [0.15, 0.2) is 0 Å². The van der Waals surface area contributed by atoms with E-state index in [1.165, 1.54) is 12.1 Å². The fourth-order valence-corrected chi connectivity index (χ4v) is 4.45.